The summed E-state index contributed by atoms with van der Waals surface area (Å²) in [4.78, 5) is 0. The lowest BCUT2D eigenvalue weighted by Gasteiger charge is -2.14. The number of hydrogen-bond donors (Lipinski definition) is 0. The average Bonchev–Trinajstić information content (AvgIpc) is 2.05. The third-order valence-corrected chi connectivity index (χ3v) is 2.47. The first-order chi connectivity index (χ1) is 6.20. The van der Waals surface area contributed by atoms with Gasteiger partial charge in [-0.05, 0) is 25.7 Å². The molecule has 0 fully saturated rings. The molecule has 0 radical (unpaired) electrons. The van der Waals surface area contributed by atoms with Gasteiger partial charge >= 0.3 is 0 Å². The molecule has 0 aromatic rings. The molecule has 0 aliphatic rings. The Balaban J connectivity index is 3.23. The highest BCUT2D eigenvalue weighted by Gasteiger charge is 2.04. The minimum atomic E-state index is 0.223. The zero-order chi connectivity index (χ0) is 10.1. The molecular formula is C10H21BrO2. The second-order valence-corrected chi connectivity index (χ2v) is 4.30. The van der Waals surface area contributed by atoms with Crippen LogP contribution in [0.5, 0.6) is 0 Å². The van der Waals surface area contributed by atoms with Gasteiger partial charge in [-0.15, -0.1) is 0 Å². The van der Waals surface area contributed by atoms with E-state index >= 15 is 0 Å². The molecule has 2 nitrogen and oxygen atoms in total. The Morgan fingerprint density at radius 2 is 1.92 bits per heavy atom. The molecule has 0 amide bonds. The Bertz CT molecular complexity index is 97.1. The van der Waals surface area contributed by atoms with Gasteiger partial charge in [-0.2, -0.15) is 0 Å². The van der Waals surface area contributed by atoms with Gasteiger partial charge in [0.25, 0.3) is 0 Å². The van der Waals surface area contributed by atoms with Crippen molar-refractivity contribution in [1.29, 1.82) is 0 Å². The topological polar surface area (TPSA) is 18.5 Å². The molecule has 0 aromatic carbocycles. The van der Waals surface area contributed by atoms with Crippen LogP contribution in [-0.2, 0) is 9.47 Å². The van der Waals surface area contributed by atoms with E-state index in [1.54, 1.807) is 7.11 Å². The Morgan fingerprint density at radius 3 is 2.46 bits per heavy atom. The Morgan fingerprint density at radius 1 is 1.23 bits per heavy atom. The summed E-state index contributed by atoms with van der Waals surface area (Å²) in [5, 5.41) is 1.09. The van der Waals surface area contributed by atoms with E-state index in [2.05, 4.69) is 22.9 Å². The number of halogens is 1. The highest BCUT2D eigenvalue weighted by molar-refractivity contribution is 9.09. The molecule has 3 heteroatoms. The minimum absolute atomic E-state index is 0.223. The fraction of sp³-hybridized carbons (Fsp3) is 1.00. The van der Waals surface area contributed by atoms with E-state index in [1.165, 1.54) is 6.42 Å². The third kappa shape index (κ3) is 8.72. The SMILES string of the molecule is COCC(C)OCCC(C)CCBr. The molecule has 0 spiro atoms. The van der Waals surface area contributed by atoms with Crippen LogP contribution < -0.4 is 0 Å². The zero-order valence-electron chi connectivity index (χ0n) is 8.88. The van der Waals surface area contributed by atoms with E-state index in [4.69, 9.17) is 9.47 Å². The van der Waals surface area contributed by atoms with E-state index in [-0.39, 0.29) is 6.10 Å². The second-order valence-electron chi connectivity index (χ2n) is 3.51. The number of rotatable bonds is 8. The van der Waals surface area contributed by atoms with Gasteiger partial charge in [0, 0.05) is 19.0 Å². The first-order valence-electron chi connectivity index (χ1n) is 4.87. The summed E-state index contributed by atoms with van der Waals surface area (Å²) in [6.45, 7) is 5.83. The molecule has 0 heterocycles. The maximum Gasteiger partial charge on any atom is 0.0780 e. The average molecular weight is 253 g/mol. The predicted molar refractivity (Wildman–Crippen MR) is 59.5 cm³/mol. The molecule has 0 aliphatic carbocycles. The number of hydrogen-bond acceptors (Lipinski definition) is 2. The monoisotopic (exact) mass is 252 g/mol. The van der Waals surface area contributed by atoms with Gasteiger partial charge in [-0.3, -0.25) is 0 Å². The van der Waals surface area contributed by atoms with Gasteiger partial charge < -0.3 is 9.47 Å². The molecule has 0 saturated carbocycles. The van der Waals surface area contributed by atoms with Crippen molar-refractivity contribution in [3.05, 3.63) is 0 Å². The quantitative estimate of drug-likeness (QED) is 0.619. The Hall–Kier alpha value is 0.400. The smallest absolute Gasteiger partial charge is 0.0780 e. The van der Waals surface area contributed by atoms with Crippen LogP contribution in [0.3, 0.4) is 0 Å². The summed E-state index contributed by atoms with van der Waals surface area (Å²) in [7, 11) is 1.70. The fourth-order valence-electron chi connectivity index (χ4n) is 1.08. The van der Waals surface area contributed by atoms with Crippen molar-refractivity contribution in [3.8, 4) is 0 Å². The summed E-state index contributed by atoms with van der Waals surface area (Å²) in [5.41, 5.74) is 0. The first kappa shape index (κ1) is 13.4. The summed E-state index contributed by atoms with van der Waals surface area (Å²) in [5.74, 6) is 0.745. The van der Waals surface area contributed by atoms with Gasteiger partial charge in [0.1, 0.15) is 0 Å². The predicted octanol–water partition coefficient (Wildman–Crippen LogP) is 2.85. The Labute approximate surface area is 90.1 Å². The number of alkyl halides is 1. The lowest BCUT2D eigenvalue weighted by molar-refractivity contribution is 0.00449. The van der Waals surface area contributed by atoms with Crippen LogP contribution in [0.25, 0.3) is 0 Å². The fourth-order valence-corrected chi connectivity index (χ4v) is 1.87. The lowest BCUT2D eigenvalue weighted by Crippen LogP contribution is -2.16. The van der Waals surface area contributed by atoms with Crippen molar-refractivity contribution < 1.29 is 9.47 Å². The maximum absolute atomic E-state index is 5.56. The highest BCUT2D eigenvalue weighted by Crippen LogP contribution is 2.09. The van der Waals surface area contributed by atoms with Crippen LogP contribution in [0.4, 0.5) is 0 Å². The summed E-state index contributed by atoms with van der Waals surface area (Å²) in [6, 6.07) is 0. The molecule has 0 aromatic heterocycles. The molecule has 0 aliphatic heterocycles. The molecule has 2 unspecified atom stereocenters. The van der Waals surface area contributed by atoms with Crippen molar-refractivity contribution in [2.75, 3.05) is 25.7 Å². The summed E-state index contributed by atoms with van der Waals surface area (Å²) < 4.78 is 10.5. The van der Waals surface area contributed by atoms with Crippen molar-refractivity contribution >= 4 is 15.9 Å². The van der Waals surface area contributed by atoms with Gasteiger partial charge in [0.05, 0.1) is 12.7 Å². The summed E-state index contributed by atoms with van der Waals surface area (Å²) in [6.07, 6.45) is 2.59. The molecule has 0 N–H and O–H groups in total. The normalized spacial score (nSPS) is 15.7. The minimum Gasteiger partial charge on any atom is -0.382 e. The van der Waals surface area contributed by atoms with Gasteiger partial charge in [-0.1, -0.05) is 22.9 Å². The van der Waals surface area contributed by atoms with Crippen LogP contribution in [-0.4, -0.2) is 31.8 Å². The first-order valence-corrected chi connectivity index (χ1v) is 5.99. The van der Waals surface area contributed by atoms with Crippen LogP contribution >= 0.6 is 15.9 Å². The molecule has 0 saturated heterocycles. The van der Waals surface area contributed by atoms with Gasteiger partial charge in [-0.25, -0.2) is 0 Å². The number of ether oxygens (including phenoxy) is 2. The van der Waals surface area contributed by atoms with Crippen LogP contribution in [0.2, 0.25) is 0 Å². The van der Waals surface area contributed by atoms with E-state index in [9.17, 15) is 0 Å². The summed E-state index contributed by atoms with van der Waals surface area (Å²) >= 11 is 3.43. The molecule has 0 rings (SSSR count). The largest absolute Gasteiger partial charge is 0.382 e. The molecule has 2 atom stereocenters. The van der Waals surface area contributed by atoms with Gasteiger partial charge in [0.2, 0.25) is 0 Å². The number of methoxy groups -OCH3 is 1. The maximum atomic E-state index is 5.56. The molecule has 80 valence electrons. The van der Waals surface area contributed by atoms with Crippen LogP contribution in [0.15, 0.2) is 0 Å². The highest BCUT2D eigenvalue weighted by atomic mass is 79.9. The van der Waals surface area contributed by atoms with Gasteiger partial charge in [0.15, 0.2) is 0 Å². The van der Waals surface area contributed by atoms with Crippen LogP contribution in [0, 0.1) is 5.92 Å². The third-order valence-electron chi connectivity index (χ3n) is 2.02. The van der Waals surface area contributed by atoms with E-state index in [0.717, 1.165) is 24.3 Å². The molecular weight excluding hydrogens is 232 g/mol. The standard InChI is InChI=1S/C10H21BrO2/c1-9(4-6-11)5-7-13-10(2)8-12-3/h9-10H,4-8H2,1-3H3. The molecule has 13 heavy (non-hydrogen) atoms. The second kappa shape index (κ2) is 8.97. The van der Waals surface area contributed by atoms with Crippen molar-refractivity contribution in [2.45, 2.75) is 32.8 Å². The van der Waals surface area contributed by atoms with Crippen LogP contribution in [0.1, 0.15) is 26.7 Å². The Kier molecular flexibility index (Phi) is 9.25. The van der Waals surface area contributed by atoms with E-state index in [0.29, 0.717) is 6.61 Å². The van der Waals surface area contributed by atoms with Crippen molar-refractivity contribution in [3.63, 3.8) is 0 Å². The van der Waals surface area contributed by atoms with E-state index in [1.807, 2.05) is 6.92 Å². The van der Waals surface area contributed by atoms with E-state index < -0.39 is 0 Å². The zero-order valence-corrected chi connectivity index (χ0v) is 10.5. The van der Waals surface area contributed by atoms with Crippen molar-refractivity contribution in [1.82, 2.24) is 0 Å². The lowest BCUT2D eigenvalue weighted by atomic mass is 10.1. The molecule has 0 bridgehead atoms. The van der Waals surface area contributed by atoms with Crippen molar-refractivity contribution in [2.24, 2.45) is 5.92 Å².